The molecule has 13 rings (SSSR count). The van der Waals surface area contributed by atoms with Crippen LogP contribution in [0.3, 0.4) is 0 Å². The second-order valence-corrected chi connectivity index (χ2v) is 17.5. The SMILES string of the molecule is C1=CCC(c2cc(-c3ccc(-n4c5ccc6sc7ccc(-c8cccc9ccccc89)cc7c6c5c5c6ccccc6c6ccccc6c54)cc3)nc(-c3ccccc3)n2)C=C1. The van der Waals surface area contributed by atoms with Gasteiger partial charge in [-0.15, -0.1) is 11.3 Å². The van der Waals surface area contributed by atoms with Crippen molar-refractivity contribution in [2.24, 2.45) is 0 Å². The number of hydrogen-bond donors (Lipinski definition) is 0. The molecule has 1 atom stereocenters. The lowest BCUT2D eigenvalue weighted by molar-refractivity contribution is 0.811. The summed E-state index contributed by atoms with van der Waals surface area (Å²) in [6.07, 6.45) is 9.64. The molecule has 4 heteroatoms. The normalized spacial score (nSPS) is 14.1. The molecule has 12 aromatic rings. The molecule has 0 aliphatic heterocycles. The molecule has 0 N–H and O–H groups in total. The molecule has 9 aromatic carbocycles. The number of thiophene rings is 1. The van der Waals surface area contributed by atoms with Crippen LogP contribution in [0.2, 0.25) is 0 Å². The molecule has 1 aliphatic carbocycles. The molecule has 1 aliphatic rings. The van der Waals surface area contributed by atoms with E-state index < -0.39 is 0 Å². The summed E-state index contributed by atoms with van der Waals surface area (Å²) in [7, 11) is 0. The molecule has 62 heavy (non-hydrogen) atoms. The Morgan fingerprint density at radius 2 is 1.19 bits per heavy atom. The van der Waals surface area contributed by atoms with E-state index in [9.17, 15) is 0 Å². The van der Waals surface area contributed by atoms with Crippen LogP contribution in [0, 0.1) is 0 Å². The fourth-order valence-electron chi connectivity index (χ4n) is 10.0. The van der Waals surface area contributed by atoms with Crippen molar-refractivity contribution < 1.29 is 0 Å². The number of hydrogen-bond acceptors (Lipinski definition) is 3. The van der Waals surface area contributed by atoms with Crippen LogP contribution >= 0.6 is 11.3 Å². The van der Waals surface area contributed by atoms with Crippen molar-refractivity contribution in [3.05, 3.63) is 212 Å². The third kappa shape index (κ3) is 5.43. The van der Waals surface area contributed by atoms with Gasteiger partial charge in [-0.1, -0.05) is 164 Å². The molecule has 1 unspecified atom stereocenters. The predicted octanol–water partition coefficient (Wildman–Crippen LogP) is 16.0. The van der Waals surface area contributed by atoms with Crippen molar-refractivity contribution in [2.75, 3.05) is 0 Å². The lowest BCUT2D eigenvalue weighted by atomic mass is 9.94. The fraction of sp³-hybridized carbons (Fsp3) is 0.0345. The van der Waals surface area contributed by atoms with E-state index in [1.165, 1.54) is 85.4 Å². The molecule has 0 saturated heterocycles. The minimum atomic E-state index is 0.206. The molecular formula is C58H37N3S. The average molecular weight is 808 g/mol. The monoisotopic (exact) mass is 807 g/mol. The quantitative estimate of drug-likeness (QED) is 0.162. The molecule has 0 saturated carbocycles. The summed E-state index contributed by atoms with van der Waals surface area (Å²) in [5.74, 6) is 0.957. The summed E-state index contributed by atoms with van der Waals surface area (Å²) >= 11 is 1.89. The van der Waals surface area contributed by atoms with Gasteiger partial charge in [0, 0.05) is 59.1 Å². The average Bonchev–Trinajstić information content (AvgIpc) is 3.90. The van der Waals surface area contributed by atoms with Crippen molar-refractivity contribution in [1.82, 2.24) is 14.5 Å². The van der Waals surface area contributed by atoms with E-state index in [2.05, 4.69) is 205 Å². The number of allylic oxidation sites excluding steroid dienone is 4. The maximum Gasteiger partial charge on any atom is 0.160 e. The lowest BCUT2D eigenvalue weighted by Crippen LogP contribution is -2.04. The molecule has 0 radical (unpaired) electrons. The third-order valence-corrected chi connectivity index (χ3v) is 14.0. The van der Waals surface area contributed by atoms with Gasteiger partial charge in [-0.2, -0.15) is 0 Å². The first-order valence-corrected chi connectivity index (χ1v) is 22.2. The highest BCUT2D eigenvalue weighted by Crippen LogP contribution is 2.49. The topological polar surface area (TPSA) is 30.7 Å². The van der Waals surface area contributed by atoms with Crippen LogP contribution in [0.25, 0.3) is 114 Å². The van der Waals surface area contributed by atoms with Crippen molar-refractivity contribution in [3.63, 3.8) is 0 Å². The van der Waals surface area contributed by atoms with Gasteiger partial charge in [0.25, 0.3) is 0 Å². The summed E-state index contributed by atoms with van der Waals surface area (Å²) < 4.78 is 5.11. The molecule has 0 bridgehead atoms. The Balaban J connectivity index is 1.07. The number of aromatic nitrogens is 3. The Hall–Kier alpha value is -7.66. The second kappa shape index (κ2) is 14.0. The summed E-state index contributed by atoms with van der Waals surface area (Å²) in [4.78, 5) is 10.3. The van der Waals surface area contributed by atoms with Gasteiger partial charge < -0.3 is 4.57 Å². The van der Waals surface area contributed by atoms with Crippen molar-refractivity contribution in [3.8, 4) is 39.5 Å². The van der Waals surface area contributed by atoms with Crippen molar-refractivity contribution >= 4 is 85.6 Å². The van der Waals surface area contributed by atoms with E-state index in [4.69, 9.17) is 9.97 Å². The van der Waals surface area contributed by atoms with Crippen LogP contribution in [0.4, 0.5) is 0 Å². The summed E-state index contributed by atoms with van der Waals surface area (Å²) in [6.45, 7) is 0. The van der Waals surface area contributed by atoms with E-state index >= 15 is 0 Å². The first-order valence-electron chi connectivity index (χ1n) is 21.3. The van der Waals surface area contributed by atoms with E-state index in [1.807, 2.05) is 17.4 Å². The Kier molecular flexibility index (Phi) is 7.91. The van der Waals surface area contributed by atoms with Gasteiger partial charge in [0.1, 0.15) is 0 Å². The molecular weight excluding hydrogens is 771 g/mol. The van der Waals surface area contributed by atoms with Crippen LogP contribution in [0.5, 0.6) is 0 Å². The van der Waals surface area contributed by atoms with Gasteiger partial charge >= 0.3 is 0 Å². The predicted molar refractivity (Wildman–Crippen MR) is 264 cm³/mol. The van der Waals surface area contributed by atoms with E-state index in [0.29, 0.717) is 0 Å². The summed E-state index contributed by atoms with van der Waals surface area (Å²) in [6, 6.07) is 66.6. The number of rotatable bonds is 5. The van der Waals surface area contributed by atoms with Crippen LogP contribution in [-0.2, 0) is 0 Å². The maximum atomic E-state index is 5.18. The highest BCUT2D eigenvalue weighted by atomic mass is 32.1. The van der Waals surface area contributed by atoms with E-state index in [-0.39, 0.29) is 5.92 Å². The van der Waals surface area contributed by atoms with Crippen LogP contribution in [-0.4, -0.2) is 14.5 Å². The van der Waals surface area contributed by atoms with Gasteiger partial charge in [-0.05, 0) is 86.9 Å². The number of nitrogens with zero attached hydrogens (tertiary/aromatic N) is 3. The fourth-order valence-corrected chi connectivity index (χ4v) is 11.1. The van der Waals surface area contributed by atoms with Crippen molar-refractivity contribution in [1.29, 1.82) is 0 Å². The Morgan fingerprint density at radius 1 is 0.484 bits per heavy atom. The van der Waals surface area contributed by atoms with Gasteiger partial charge in [0.2, 0.25) is 0 Å². The molecule has 0 spiro atoms. The highest BCUT2D eigenvalue weighted by molar-refractivity contribution is 7.26. The molecule has 3 aromatic heterocycles. The number of fused-ring (bicyclic) bond motifs is 13. The van der Waals surface area contributed by atoms with E-state index in [0.717, 1.165) is 40.4 Å². The smallest absolute Gasteiger partial charge is 0.160 e. The molecule has 290 valence electrons. The Bertz CT molecular complexity index is 3830. The standard InChI is InChI=1S/C58H37N3S/c1-3-15-37(16-4-1)49-35-50(60-58(59-49)39-17-5-2-6-18-39)38-26-29-41(30-27-38)61-51-31-33-53-54(56(51)55-46-23-11-9-21-44(46)45-22-10-12-24-47(45)57(55)61)48-34-40(28-32-52(48)62-53)43-25-13-19-36-14-7-8-20-42(36)43/h1-15,17-35,37H,16H2. The molecule has 3 heterocycles. The third-order valence-electron chi connectivity index (χ3n) is 12.9. The largest absolute Gasteiger partial charge is 0.309 e. The summed E-state index contributed by atoms with van der Waals surface area (Å²) in [5.41, 5.74) is 10.1. The second-order valence-electron chi connectivity index (χ2n) is 16.4. The maximum absolute atomic E-state index is 5.18. The summed E-state index contributed by atoms with van der Waals surface area (Å²) in [5, 5.41) is 12.8. The van der Waals surface area contributed by atoms with Gasteiger partial charge in [0.15, 0.2) is 5.82 Å². The highest BCUT2D eigenvalue weighted by Gasteiger charge is 2.23. The van der Waals surface area contributed by atoms with Crippen LogP contribution < -0.4 is 0 Å². The zero-order valence-corrected chi connectivity index (χ0v) is 34.5. The first kappa shape index (κ1) is 35.1. The van der Waals surface area contributed by atoms with Crippen LogP contribution in [0.15, 0.2) is 206 Å². The Morgan fingerprint density at radius 3 is 2.02 bits per heavy atom. The van der Waals surface area contributed by atoms with Gasteiger partial charge in [0.05, 0.1) is 22.4 Å². The molecule has 0 amide bonds. The van der Waals surface area contributed by atoms with Crippen LogP contribution in [0.1, 0.15) is 18.0 Å². The van der Waals surface area contributed by atoms with Gasteiger partial charge in [-0.3, -0.25) is 0 Å². The molecule has 0 fully saturated rings. The zero-order chi connectivity index (χ0) is 40.7. The van der Waals surface area contributed by atoms with Crippen molar-refractivity contribution in [2.45, 2.75) is 12.3 Å². The minimum Gasteiger partial charge on any atom is -0.309 e. The first-order chi connectivity index (χ1) is 30.7. The van der Waals surface area contributed by atoms with Gasteiger partial charge in [-0.25, -0.2) is 9.97 Å². The Labute approximate surface area is 362 Å². The molecule has 3 nitrogen and oxygen atoms in total. The lowest BCUT2D eigenvalue weighted by Gasteiger charge is -2.16. The zero-order valence-electron chi connectivity index (χ0n) is 33.7. The van der Waals surface area contributed by atoms with E-state index in [1.54, 1.807) is 0 Å². The minimum absolute atomic E-state index is 0.206. The number of benzene rings is 9.